The van der Waals surface area contributed by atoms with E-state index in [-0.39, 0.29) is 44.0 Å². The first kappa shape index (κ1) is 55.3. The van der Waals surface area contributed by atoms with Gasteiger partial charge in [-0.1, -0.05) is 176 Å². The molecule has 6 nitrogen and oxygen atoms in total. The Bertz CT molecular complexity index is 1220. The maximum Gasteiger partial charge on any atom is 0.306 e. The van der Waals surface area contributed by atoms with E-state index in [1.165, 1.54) is 38.5 Å². The van der Waals surface area contributed by atoms with E-state index in [4.69, 9.17) is 14.2 Å². The molecule has 0 aliphatic heterocycles. The lowest BCUT2D eigenvalue weighted by Gasteiger charge is -2.18. The van der Waals surface area contributed by atoms with Crippen molar-refractivity contribution < 1.29 is 28.6 Å². The topological polar surface area (TPSA) is 78.9 Å². The molecule has 59 heavy (non-hydrogen) atoms. The summed E-state index contributed by atoms with van der Waals surface area (Å²) < 4.78 is 16.6. The Hall–Kier alpha value is -3.67. The van der Waals surface area contributed by atoms with Gasteiger partial charge in [0.2, 0.25) is 0 Å². The minimum absolute atomic E-state index is 0.117. The summed E-state index contributed by atoms with van der Waals surface area (Å²) in [4.78, 5) is 37.8. The third-order valence-electron chi connectivity index (χ3n) is 9.57. The maximum atomic E-state index is 12.7. The number of allylic oxidation sites excluding steroid dienone is 16. The highest BCUT2D eigenvalue weighted by molar-refractivity contribution is 5.71. The summed E-state index contributed by atoms with van der Waals surface area (Å²) in [5.74, 6) is -1.04. The van der Waals surface area contributed by atoms with Crippen LogP contribution in [0, 0.1) is 0 Å². The zero-order valence-corrected chi connectivity index (χ0v) is 38.0. The molecule has 334 valence electrons. The monoisotopic (exact) mass is 819 g/mol. The third kappa shape index (κ3) is 45.3. The van der Waals surface area contributed by atoms with Gasteiger partial charge in [0, 0.05) is 19.3 Å². The number of rotatable bonds is 41. The van der Waals surface area contributed by atoms with Gasteiger partial charge in [-0.2, -0.15) is 0 Å². The molecule has 0 amide bonds. The molecule has 0 aromatic carbocycles. The lowest BCUT2D eigenvalue weighted by molar-refractivity contribution is -0.166. The van der Waals surface area contributed by atoms with Crippen molar-refractivity contribution in [2.75, 3.05) is 13.2 Å². The van der Waals surface area contributed by atoms with E-state index < -0.39 is 6.10 Å². The molecule has 0 saturated carbocycles. The molecular weight excluding hydrogens is 733 g/mol. The van der Waals surface area contributed by atoms with Gasteiger partial charge in [-0.3, -0.25) is 14.4 Å². The molecule has 0 saturated heterocycles. The molecule has 0 N–H and O–H groups in total. The Morgan fingerprint density at radius 2 is 0.695 bits per heavy atom. The van der Waals surface area contributed by atoms with Crippen LogP contribution in [-0.4, -0.2) is 37.2 Å². The van der Waals surface area contributed by atoms with Crippen molar-refractivity contribution in [1.29, 1.82) is 0 Å². The van der Waals surface area contributed by atoms with E-state index in [0.717, 1.165) is 116 Å². The second-order valence-electron chi connectivity index (χ2n) is 15.2. The summed E-state index contributed by atoms with van der Waals surface area (Å²) in [6, 6.07) is 0. The Balaban J connectivity index is 4.55. The molecule has 1 unspecified atom stereocenters. The molecule has 0 radical (unpaired) electrons. The SMILES string of the molecule is CC/C=C/C/C=C/C/C=C/CCCCCCC(=O)OCC(COC(=O)CC/C=C/C/C=C/CCCCCCCC)OC(=O)CCCCCC/C=C/C/C=C/C/C=C/CC. The fourth-order valence-corrected chi connectivity index (χ4v) is 6.05. The number of hydrogen-bond acceptors (Lipinski definition) is 6. The first-order chi connectivity index (χ1) is 29.0. The van der Waals surface area contributed by atoms with Crippen molar-refractivity contribution in [3.8, 4) is 0 Å². The summed E-state index contributed by atoms with van der Waals surface area (Å²) in [7, 11) is 0. The molecule has 0 fully saturated rings. The highest BCUT2D eigenvalue weighted by atomic mass is 16.6. The van der Waals surface area contributed by atoms with Gasteiger partial charge in [0.15, 0.2) is 6.10 Å². The molecule has 0 rings (SSSR count). The second kappa shape index (κ2) is 47.0. The van der Waals surface area contributed by atoms with E-state index in [2.05, 4.69) is 112 Å². The van der Waals surface area contributed by atoms with Gasteiger partial charge in [0.1, 0.15) is 13.2 Å². The van der Waals surface area contributed by atoms with Crippen molar-refractivity contribution in [3.05, 3.63) is 97.2 Å². The molecule has 1 atom stereocenters. The van der Waals surface area contributed by atoms with Crippen LogP contribution in [0.4, 0.5) is 0 Å². The van der Waals surface area contributed by atoms with Crippen LogP contribution in [0.5, 0.6) is 0 Å². The van der Waals surface area contributed by atoms with E-state index in [1.54, 1.807) is 0 Å². The van der Waals surface area contributed by atoms with Crippen LogP contribution in [-0.2, 0) is 28.6 Å². The van der Waals surface area contributed by atoms with Crippen molar-refractivity contribution in [2.24, 2.45) is 0 Å². The molecule has 0 heterocycles. The first-order valence-electron chi connectivity index (χ1n) is 23.7. The normalized spacial score (nSPS) is 12.9. The third-order valence-corrected chi connectivity index (χ3v) is 9.57. The average Bonchev–Trinajstić information content (AvgIpc) is 3.23. The second-order valence-corrected chi connectivity index (χ2v) is 15.2. The van der Waals surface area contributed by atoms with Gasteiger partial charge >= 0.3 is 17.9 Å². The molecular formula is C53H86O6. The first-order valence-corrected chi connectivity index (χ1v) is 23.7. The number of hydrogen-bond donors (Lipinski definition) is 0. The van der Waals surface area contributed by atoms with E-state index in [1.807, 2.05) is 6.08 Å². The fourth-order valence-electron chi connectivity index (χ4n) is 6.05. The van der Waals surface area contributed by atoms with Crippen LogP contribution in [0.25, 0.3) is 0 Å². The van der Waals surface area contributed by atoms with Crippen molar-refractivity contribution in [1.82, 2.24) is 0 Å². The molecule has 0 aliphatic rings. The largest absolute Gasteiger partial charge is 0.462 e. The van der Waals surface area contributed by atoms with E-state index >= 15 is 0 Å². The van der Waals surface area contributed by atoms with Crippen molar-refractivity contribution in [3.63, 3.8) is 0 Å². The molecule has 0 bridgehead atoms. The molecule has 6 heteroatoms. The van der Waals surface area contributed by atoms with E-state index in [9.17, 15) is 14.4 Å². The minimum atomic E-state index is -0.820. The van der Waals surface area contributed by atoms with Crippen LogP contribution >= 0.6 is 0 Å². The van der Waals surface area contributed by atoms with Gasteiger partial charge in [-0.25, -0.2) is 0 Å². The van der Waals surface area contributed by atoms with Crippen molar-refractivity contribution >= 4 is 17.9 Å². The predicted octanol–water partition coefficient (Wildman–Crippen LogP) is 15.4. The van der Waals surface area contributed by atoms with Gasteiger partial charge in [-0.05, 0) is 103 Å². The van der Waals surface area contributed by atoms with Crippen LogP contribution in [0.15, 0.2) is 97.2 Å². The number of carbonyl (C=O) groups excluding carboxylic acids is 3. The fraction of sp³-hybridized carbons (Fsp3) is 0.642. The number of unbranched alkanes of at least 4 members (excludes halogenated alkanes) is 14. The number of ether oxygens (including phenoxy) is 3. The minimum Gasteiger partial charge on any atom is -0.462 e. The van der Waals surface area contributed by atoms with Crippen molar-refractivity contribution in [2.45, 2.75) is 207 Å². The Labute approximate surface area is 362 Å². The summed E-state index contributed by atoms with van der Waals surface area (Å²) in [6.07, 6.45) is 61.1. The van der Waals surface area contributed by atoms with E-state index in [0.29, 0.717) is 12.8 Å². The summed E-state index contributed by atoms with van der Waals surface area (Å²) in [6.45, 7) is 6.29. The Morgan fingerprint density at radius 3 is 1.14 bits per heavy atom. The van der Waals surface area contributed by atoms with Gasteiger partial charge in [-0.15, -0.1) is 0 Å². The zero-order chi connectivity index (χ0) is 43.0. The summed E-state index contributed by atoms with van der Waals surface area (Å²) in [5, 5.41) is 0. The molecule has 0 aromatic heterocycles. The smallest absolute Gasteiger partial charge is 0.306 e. The number of esters is 3. The van der Waals surface area contributed by atoms with Gasteiger partial charge < -0.3 is 14.2 Å². The summed E-state index contributed by atoms with van der Waals surface area (Å²) in [5.41, 5.74) is 0. The maximum absolute atomic E-state index is 12.7. The standard InChI is InChI=1S/C53H86O6/c1-4-7-10-13-16-19-22-25-28-31-34-37-40-43-46-52(55)58-49-50(48-57-51(54)45-42-39-36-33-30-27-24-21-18-15-12-9-6-3)59-53(56)47-44-41-38-35-32-29-26-23-20-17-14-11-8-5-2/h7-8,10-11,16-17,19-20,25-30,36,39,50H,4-6,9,12-15,18,21-24,31-35,37-38,40-49H2,1-3H3/b10-7+,11-8+,19-16+,20-17+,28-25+,29-26+,30-27+,39-36+. The predicted molar refractivity (Wildman–Crippen MR) is 251 cm³/mol. The Kier molecular flexibility index (Phi) is 44.1. The zero-order valence-electron chi connectivity index (χ0n) is 38.0. The highest BCUT2D eigenvalue weighted by Gasteiger charge is 2.19. The average molecular weight is 819 g/mol. The Morgan fingerprint density at radius 1 is 0.356 bits per heavy atom. The highest BCUT2D eigenvalue weighted by Crippen LogP contribution is 2.12. The van der Waals surface area contributed by atoms with Crippen LogP contribution < -0.4 is 0 Å². The molecule has 0 aliphatic carbocycles. The molecule has 0 aromatic rings. The summed E-state index contributed by atoms with van der Waals surface area (Å²) >= 11 is 0. The van der Waals surface area contributed by atoms with Crippen LogP contribution in [0.2, 0.25) is 0 Å². The van der Waals surface area contributed by atoms with Crippen LogP contribution in [0.1, 0.15) is 201 Å². The van der Waals surface area contributed by atoms with Gasteiger partial charge in [0.25, 0.3) is 0 Å². The lowest BCUT2D eigenvalue weighted by atomic mass is 10.1. The van der Waals surface area contributed by atoms with Gasteiger partial charge in [0.05, 0.1) is 0 Å². The van der Waals surface area contributed by atoms with Crippen LogP contribution in [0.3, 0.4) is 0 Å². The number of carbonyl (C=O) groups is 3. The molecule has 0 spiro atoms. The quantitative estimate of drug-likeness (QED) is 0.0265. The lowest BCUT2D eigenvalue weighted by Crippen LogP contribution is -2.30.